The third-order valence-electron chi connectivity index (χ3n) is 3.97. The van der Waals surface area contributed by atoms with E-state index < -0.39 is 0 Å². The first-order chi connectivity index (χ1) is 13.5. The second kappa shape index (κ2) is 9.18. The molecule has 3 N–H and O–H groups in total. The van der Waals surface area contributed by atoms with Gasteiger partial charge in [-0.15, -0.1) is 0 Å². The van der Waals surface area contributed by atoms with Crippen LogP contribution in [0.15, 0.2) is 65.4 Å². The Morgan fingerprint density at radius 1 is 1.00 bits per heavy atom. The number of nitrogens with one attached hydrogen (secondary N) is 2. The summed E-state index contributed by atoms with van der Waals surface area (Å²) in [5.41, 5.74) is 1.72. The number of rotatable bonds is 7. The van der Waals surface area contributed by atoms with Crippen molar-refractivity contribution in [3.8, 4) is 11.4 Å². The number of phenols is 1. The van der Waals surface area contributed by atoms with E-state index in [2.05, 4.69) is 31.7 Å². The van der Waals surface area contributed by atoms with Gasteiger partial charge in [0, 0.05) is 29.3 Å². The summed E-state index contributed by atoms with van der Waals surface area (Å²) in [7, 11) is 0. The number of benzene rings is 2. The van der Waals surface area contributed by atoms with Crippen molar-refractivity contribution in [3.05, 3.63) is 76.5 Å². The molecule has 0 atom stereocenters. The van der Waals surface area contributed by atoms with E-state index in [1.54, 1.807) is 23.0 Å². The van der Waals surface area contributed by atoms with Crippen molar-refractivity contribution in [2.45, 2.75) is 6.42 Å². The highest BCUT2D eigenvalue weighted by Gasteiger charge is 2.09. The lowest BCUT2D eigenvalue weighted by Crippen LogP contribution is -2.29. The van der Waals surface area contributed by atoms with Gasteiger partial charge in [0.15, 0.2) is 0 Å². The first kappa shape index (κ1) is 19.6. The number of halogens is 1. The van der Waals surface area contributed by atoms with Crippen molar-refractivity contribution >= 4 is 27.7 Å². The predicted octanol–water partition coefficient (Wildman–Crippen LogP) is 2.89. The second-order valence-corrected chi connectivity index (χ2v) is 6.98. The van der Waals surface area contributed by atoms with Crippen molar-refractivity contribution in [2.75, 3.05) is 13.1 Å². The number of carbonyl (C=O) groups is 2. The topological polar surface area (TPSA) is 96.3 Å². The molecule has 1 aromatic heterocycles. The minimum atomic E-state index is -0.266. The highest BCUT2D eigenvalue weighted by Crippen LogP contribution is 2.14. The van der Waals surface area contributed by atoms with Crippen LogP contribution in [0.2, 0.25) is 0 Å². The van der Waals surface area contributed by atoms with E-state index in [4.69, 9.17) is 0 Å². The average molecular weight is 443 g/mol. The zero-order chi connectivity index (χ0) is 19.9. The zero-order valence-electron chi connectivity index (χ0n) is 14.9. The summed E-state index contributed by atoms with van der Waals surface area (Å²) in [4.78, 5) is 24.2. The summed E-state index contributed by atoms with van der Waals surface area (Å²) < 4.78 is 2.61. The predicted molar refractivity (Wildman–Crippen MR) is 109 cm³/mol. The smallest absolute Gasteiger partial charge is 0.254 e. The van der Waals surface area contributed by atoms with Crippen LogP contribution in [0.3, 0.4) is 0 Å². The van der Waals surface area contributed by atoms with Gasteiger partial charge >= 0.3 is 0 Å². The van der Waals surface area contributed by atoms with Crippen LogP contribution in [0.5, 0.6) is 5.75 Å². The average Bonchev–Trinajstić information content (AvgIpc) is 3.18. The van der Waals surface area contributed by atoms with E-state index in [1.807, 2.05) is 24.3 Å². The molecule has 144 valence electrons. The van der Waals surface area contributed by atoms with Gasteiger partial charge in [-0.2, -0.15) is 5.10 Å². The molecule has 2 aromatic carbocycles. The Balaban J connectivity index is 1.42. The molecule has 28 heavy (non-hydrogen) atoms. The zero-order valence-corrected chi connectivity index (χ0v) is 16.5. The lowest BCUT2D eigenvalue weighted by molar-refractivity contribution is 0.0951. The van der Waals surface area contributed by atoms with Gasteiger partial charge in [0.25, 0.3) is 11.8 Å². The normalized spacial score (nSPS) is 10.5. The van der Waals surface area contributed by atoms with Crippen molar-refractivity contribution in [2.24, 2.45) is 0 Å². The maximum Gasteiger partial charge on any atom is 0.254 e. The minimum absolute atomic E-state index is 0.0450. The molecule has 0 aliphatic carbocycles. The standard InChI is InChI=1S/C20H19BrN4O3/c21-16-5-7-17(8-6-16)25-13-15(12-24-25)20(28)23-10-2-9-22-19(27)14-3-1-4-18(26)11-14/h1,3-8,11-13,26H,2,9-10H2,(H,22,27)(H,23,28). The van der Waals surface area contributed by atoms with Gasteiger partial charge in [-0.25, -0.2) is 4.68 Å². The molecule has 0 fully saturated rings. The summed E-state index contributed by atoms with van der Waals surface area (Å²) >= 11 is 3.38. The number of phenolic OH excluding ortho intramolecular Hbond substituents is 1. The Hall–Kier alpha value is -3.13. The number of nitrogens with zero attached hydrogens (tertiary/aromatic N) is 2. The number of hydrogen-bond acceptors (Lipinski definition) is 4. The molecule has 3 aromatic rings. The van der Waals surface area contributed by atoms with E-state index >= 15 is 0 Å². The Bertz CT molecular complexity index is 970. The lowest BCUT2D eigenvalue weighted by Gasteiger charge is -2.06. The molecule has 3 rings (SSSR count). The molecule has 0 spiro atoms. The first-order valence-corrected chi connectivity index (χ1v) is 9.48. The quantitative estimate of drug-likeness (QED) is 0.490. The maximum atomic E-state index is 12.2. The summed E-state index contributed by atoms with van der Waals surface area (Å²) in [6.45, 7) is 0.829. The number of amides is 2. The molecule has 0 aliphatic rings. The van der Waals surface area contributed by atoms with Crippen LogP contribution in [0, 0.1) is 0 Å². The number of aromatic hydroxyl groups is 1. The molecule has 0 radical (unpaired) electrons. The second-order valence-electron chi connectivity index (χ2n) is 6.07. The van der Waals surface area contributed by atoms with Crippen LogP contribution in [-0.4, -0.2) is 39.8 Å². The molecule has 0 saturated carbocycles. The van der Waals surface area contributed by atoms with Crippen molar-refractivity contribution in [1.29, 1.82) is 0 Å². The van der Waals surface area contributed by atoms with E-state index in [-0.39, 0.29) is 17.6 Å². The van der Waals surface area contributed by atoms with Gasteiger partial charge in [0.2, 0.25) is 0 Å². The number of aromatic nitrogens is 2. The summed E-state index contributed by atoms with van der Waals surface area (Å²) in [6.07, 6.45) is 3.76. The monoisotopic (exact) mass is 442 g/mol. The first-order valence-electron chi connectivity index (χ1n) is 8.69. The molecule has 0 unspecified atom stereocenters. The summed E-state index contributed by atoms with van der Waals surface area (Å²) in [5.74, 6) is -0.440. The molecular formula is C20H19BrN4O3. The number of carbonyl (C=O) groups excluding carboxylic acids is 2. The fraction of sp³-hybridized carbons (Fsp3) is 0.150. The van der Waals surface area contributed by atoms with Crippen LogP contribution in [0.4, 0.5) is 0 Å². The van der Waals surface area contributed by atoms with Crippen LogP contribution >= 0.6 is 15.9 Å². The third-order valence-corrected chi connectivity index (χ3v) is 4.50. The third kappa shape index (κ3) is 5.20. The maximum absolute atomic E-state index is 12.2. The minimum Gasteiger partial charge on any atom is -0.508 e. The van der Waals surface area contributed by atoms with E-state index in [0.717, 1.165) is 10.2 Å². The van der Waals surface area contributed by atoms with E-state index in [1.165, 1.54) is 18.3 Å². The molecular weight excluding hydrogens is 424 g/mol. The summed E-state index contributed by atoms with van der Waals surface area (Å²) in [6, 6.07) is 13.7. The Kier molecular flexibility index (Phi) is 6.44. The van der Waals surface area contributed by atoms with Crippen molar-refractivity contribution < 1.29 is 14.7 Å². The van der Waals surface area contributed by atoms with Gasteiger partial charge in [-0.1, -0.05) is 22.0 Å². The molecule has 2 amide bonds. The lowest BCUT2D eigenvalue weighted by atomic mass is 10.2. The highest BCUT2D eigenvalue weighted by molar-refractivity contribution is 9.10. The van der Waals surface area contributed by atoms with Crippen LogP contribution in [0.25, 0.3) is 5.69 Å². The summed E-state index contributed by atoms with van der Waals surface area (Å²) in [5, 5.41) is 19.2. The van der Waals surface area contributed by atoms with Gasteiger partial charge in [-0.05, 0) is 48.9 Å². The van der Waals surface area contributed by atoms with E-state index in [9.17, 15) is 14.7 Å². The largest absolute Gasteiger partial charge is 0.508 e. The molecule has 0 saturated heterocycles. The Morgan fingerprint density at radius 3 is 2.36 bits per heavy atom. The van der Waals surface area contributed by atoms with Crippen molar-refractivity contribution in [3.63, 3.8) is 0 Å². The van der Waals surface area contributed by atoms with Gasteiger partial charge < -0.3 is 15.7 Å². The molecule has 8 heteroatoms. The molecule has 7 nitrogen and oxygen atoms in total. The molecule has 0 aliphatic heterocycles. The van der Waals surface area contributed by atoms with E-state index in [0.29, 0.717) is 30.6 Å². The van der Waals surface area contributed by atoms with Crippen LogP contribution < -0.4 is 10.6 Å². The van der Waals surface area contributed by atoms with Gasteiger partial charge in [0.05, 0.1) is 17.4 Å². The number of hydrogen-bond donors (Lipinski definition) is 3. The van der Waals surface area contributed by atoms with Crippen LogP contribution in [-0.2, 0) is 0 Å². The van der Waals surface area contributed by atoms with Crippen LogP contribution in [0.1, 0.15) is 27.1 Å². The van der Waals surface area contributed by atoms with Crippen molar-refractivity contribution in [1.82, 2.24) is 20.4 Å². The molecule has 0 bridgehead atoms. The fourth-order valence-corrected chi connectivity index (χ4v) is 2.78. The Morgan fingerprint density at radius 2 is 1.68 bits per heavy atom. The Labute approximate surface area is 170 Å². The SMILES string of the molecule is O=C(NCCCNC(=O)c1cnn(-c2ccc(Br)cc2)c1)c1cccc(O)c1. The van der Waals surface area contributed by atoms with Gasteiger partial charge in [0.1, 0.15) is 5.75 Å². The van der Waals surface area contributed by atoms with Gasteiger partial charge in [-0.3, -0.25) is 9.59 Å². The fourth-order valence-electron chi connectivity index (χ4n) is 2.52. The highest BCUT2D eigenvalue weighted by atomic mass is 79.9. The molecule has 1 heterocycles.